The zero-order valence-corrected chi connectivity index (χ0v) is 12.1. The summed E-state index contributed by atoms with van der Waals surface area (Å²) in [5, 5.41) is 8.75. The van der Waals surface area contributed by atoms with Crippen LogP contribution in [0.3, 0.4) is 0 Å². The second-order valence-corrected chi connectivity index (χ2v) is 5.62. The predicted octanol–water partition coefficient (Wildman–Crippen LogP) is 3.25. The molecular weight excluding hydrogens is 248 g/mol. The van der Waals surface area contributed by atoms with Crippen molar-refractivity contribution in [3.05, 3.63) is 35.4 Å². The monoisotopic (exact) mass is 270 g/mol. The van der Waals surface area contributed by atoms with Gasteiger partial charge in [0, 0.05) is 5.56 Å². The Morgan fingerprint density at radius 1 is 1.30 bits per heavy atom. The molecule has 0 radical (unpaired) electrons. The highest BCUT2D eigenvalue weighted by atomic mass is 16.1. The summed E-state index contributed by atoms with van der Waals surface area (Å²) in [5.41, 5.74) is 1.31. The molecule has 1 heterocycles. The van der Waals surface area contributed by atoms with E-state index in [0.717, 1.165) is 19.0 Å². The third kappa shape index (κ3) is 3.91. The van der Waals surface area contributed by atoms with Gasteiger partial charge < -0.3 is 0 Å². The highest BCUT2D eigenvalue weighted by molar-refractivity contribution is 5.97. The Labute approximate surface area is 121 Å². The van der Waals surface area contributed by atoms with Crippen LogP contribution >= 0.6 is 0 Å². The topological polar surface area (TPSA) is 44.1 Å². The third-order valence-electron chi connectivity index (χ3n) is 4.11. The fraction of sp³-hybridized carbons (Fsp3) is 0.529. The van der Waals surface area contributed by atoms with Crippen LogP contribution in [0, 0.1) is 17.2 Å². The Kier molecular flexibility index (Phi) is 5.31. The predicted molar refractivity (Wildman–Crippen MR) is 79.6 cm³/mol. The molecule has 2 rings (SSSR count). The van der Waals surface area contributed by atoms with Crippen LogP contribution in [-0.2, 0) is 0 Å². The van der Waals surface area contributed by atoms with Crippen molar-refractivity contribution >= 4 is 5.78 Å². The van der Waals surface area contributed by atoms with Crippen molar-refractivity contribution in [3.8, 4) is 6.07 Å². The number of rotatable bonds is 5. The van der Waals surface area contributed by atoms with Gasteiger partial charge in [0.05, 0.1) is 18.2 Å². The standard InChI is InChI=1S/C17H22N2O/c1-2-3-14-8-10-19(11-9-14)13-17(20)16-6-4-15(12-18)5-7-16/h4-7,14H,2-3,8-11,13H2,1H3. The quantitative estimate of drug-likeness (QED) is 0.771. The summed E-state index contributed by atoms with van der Waals surface area (Å²) in [5.74, 6) is 1.00. The molecule has 1 aromatic carbocycles. The van der Waals surface area contributed by atoms with E-state index in [0.29, 0.717) is 17.7 Å². The Morgan fingerprint density at radius 3 is 2.50 bits per heavy atom. The second kappa shape index (κ2) is 7.21. The molecule has 1 fully saturated rings. The fourth-order valence-corrected chi connectivity index (χ4v) is 2.87. The van der Waals surface area contributed by atoms with Crippen molar-refractivity contribution in [3.63, 3.8) is 0 Å². The number of nitrogens with zero attached hydrogens (tertiary/aromatic N) is 2. The average Bonchev–Trinajstić information content (AvgIpc) is 2.49. The summed E-state index contributed by atoms with van der Waals surface area (Å²) < 4.78 is 0. The minimum Gasteiger partial charge on any atom is -0.296 e. The Balaban J connectivity index is 1.84. The van der Waals surface area contributed by atoms with E-state index < -0.39 is 0 Å². The zero-order valence-electron chi connectivity index (χ0n) is 12.1. The summed E-state index contributed by atoms with van der Waals surface area (Å²) in [7, 11) is 0. The van der Waals surface area contributed by atoms with Crippen molar-refractivity contribution in [1.82, 2.24) is 4.90 Å². The number of benzene rings is 1. The maximum Gasteiger partial charge on any atom is 0.176 e. The van der Waals surface area contributed by atoms with Crippen LogP contribution < -0.4 is 0 Å². The van der Waals surface area contributed by atoms with Gasteiger partial charge in [0.25, 0.3) is 0 Å². The molecule has 1 aliphatic heterocycles. The van der Waals surface area contributed by atoms with E-state index in [1.165, 1.54) is 25.7 Å². The van der Waals surface area contributed by atoms with E-state index in [2.05, 4.69) is 17.9 Å². The van der Waals surface area contributed by atoms with Gasteiger partial charge in [-0.1, -0.05) is 31.9 Å². The minimum atomic E-state index is 0.156. The minimum absolute atomic E-state index is 0.156. The number of likely N-dealkylation sites (tertiary alicyclic amines) is 1. The molecule has 3 heteroatoms. The lowest BCUT2D eigenvalue weighted by atomic mass is 9.92. The molecule has 0 aliphatic carbocycles. The Hall–Kier alpha value is -1.66. The van der Waals surface area contributed by atoms with Gasteiger partial charge in [0.15, 0.2) is 5.78 Å². The van der Waals surface area contributed by atoms with E-state index in [1.54, 1.807) is 24.3 Å². The molecule has 1 aliphatic rings. The SMILES string of the molecule is CCCC1CCN(CC(=O)c2ccc(C#N)cc2)CC1. The number of ketones is 1. The van der Waals surface area contributed by atoms with E-state index in [1.807, 2.05) is 0 Å². The Morgan fingerprint density at radius 2 is 1.95 bits per heavy atom. The van der Waals surface area contributed by atoms with Crippen LogP contribution in [0.1, 0.15) is 48.5 Å². The smallest absolute Gasteiger partial charge is 0.176 e. The van der Waals surface area contributed by atoms with Crippen molar-refractivity contribution in [2.75, 3.05) is 19.6 Å². The van der Waals surface area contributed by atoms with Crippen molar-refractivity contribution in [1.29, 1.82) is 5.26 Å². The van der Waals surface area contributed by atoms with Crippen LogP contribution in [-0.4, -0.2) is 30.3 Å². The molecule has 0 spiro atoms. The molecule has 0 N–H and O–H groups in total. The lowest BCUT2D eigenvalue weighted by Crippen LogP contribution is -2.37. The van der Waals surface area contributed by atoms with Crippen LogP contribution in [0.2, 0.25) is 0 Å². The summed E-state index contributed by atoms with van der Waals surface area (Å²) in [6.07, 6.45) is 5.01. The highest BCUT2D eigenvalue weighted by Crippen LogP contribution is 2.21. The molecule has 1 aromatic rings. The van der Waals surface area contributed by atoms with Gasteiger partial charge in [-0.3, -0.25) is 9.69 Å². The molecule has 3 nitrogen and oxygen atoms in total. The first-order valence-electron chi connectivity index (χ1n) is 7.48. The average molecular weight is 270 g/mol. The van der Waals surface area contributed by atoms with Gasteiger partial charge in [-0.25, -0.2) is 0 Å². The number of Topliss-reactive ketones (excluding diaryl/α,β-unsaturated/α-hetero) is 1. The largest absolute Gasteiger partial charge is 0.296 e. The number of piperidine rings is 1. The molecule has 20 heavy (non-hydrogen) atoms. The molecule has 0 unspecified atom stereocenters. The number of carbonyl (C=O) groups excluding carboxylic acids is 1. The summed E-state index contributed by atoms with van der Waals surface area (Å²) in [4.78, 5) is 14.5. The van der Waals surface area contributed by atoms with Gasteiger partial charge in [-0.2, -0.15) is 5.26 Å². The van der Waals surface area contributed by atoms with E-state index in [9.17, 15) is 4.79 Å². The molecule has 0 saturated carbocycles. The first kappa shape index (κ1) is 14.7. The second-order valence-electron chi connectivity index (χ2n) is 5.62. The third-order valence-corrected chi connectivity index (χ3v) is 4.11. The van der Waals surface area contributed by atoms with E-state index >= 15 is 0 Å². The zero-order chi connectivity index (χ0) is 14.4. The van der Waals surface area contributed by atoms with Crippen molar-refractivity contribution < 1.29 is 4.79 Å². The lowest BCUT2D eigenvalue weighted by Gasteiger charge is -2.31. The number of carbonyl (C=O) groups is 1. The fourth-order valence-electron chi connectivity index (χ4n) is 2.87. The Bertz CT molecular complexity index is 479. The first-order chi connectivity index (χ1) is 9.72. The van der Waals surface area contributed by atoms with Gasteiger partial charge in [0.2, 0.25) is 0 Å². The highest BCUT2D eigenvalue weighted by Gasteiger charge is 2.20. The molecule has 0 bridgehead atoms. The lowest BCUT2D eigenvalue weighted by molar-refractivity contribution is 0.0893. The van der Waals surface area contributed by atoms with Crippen molar-refractivity contribution in [2.45, 2.75) is 32.6 Å². The molecular formula is C17H22N2O. The maximum atomic E-state index is 12.2. The summed E-state index contributed by atoms with van der Waals surface area (Å²) >= 11 is 0. The maximum absolute atomic E-state index is 12.2. The van der Waals surface area contributed by atoms with Gasteiger partial charge in [-0.05, 0) is 44.0 Å². The van der Waals surface area contributed by atoms with Gasteiger partial charge in [-0.15, -0.1) is 0 Å². The first-order valence-corrected chi connectivity index (χ1v) is 7.48. The summed E-state index contributed by atoms with van der Waals surface area (Å²) in [6, 6.07) is 9.00. The van der Waals surface area contributed by atoms with E-state index in [4.69, 9.17) is 5.26 Å². The van der Waals surface area contributed by atoms with Crippen LogP contribution in [0.25, 0.3) is 0 Å². The van der Waals surface area contributed by atoms with Crippen LogP contribution in [0.5, 0.6) is 0 Å². The molecule has 1 saturated heterocycles. The van der Waals surface area contributed by atoms with Crippen LogP contribution in [0.15, 0.2) is 24.3 Å². The summed E-state index contributed by atoms with van der Waals surface area (Å²) in [6.45, 7) is 4.81. The molecule has 106 valence electrons. The number of hydrogen-bond donors (Lipinski definition) is 0. The van der Waals surface area contributed by atoms with E-state index in [-0.39, 0.29) is 5.78 Å². The van der Waals surface area contributed by atoms with Gasteiger partial charge in [0.1, 0.15) is 0 Å². The van der Waals surface area contributed by atoms with Gasteiger partial charge >= 0.3 is 0 Å². The normalized spacial score (nSPS) is 16.8. The van der Waals surface area contributed by atoms with Crippen molar-refractivity contribution in [2.24, 2.45) is 5.92 Å². The molecule has 0 atom stereocenters. The number of nitriles is 1. The molecule has 0 aromatic heterocycles. The van der Waals surface area contributed by atoms with Crippen LogP contribution in [0.4, 0.5) is 0 Å². The number of hydrogen-bond acceptors (Lipinski definition) is 3. The molecule has 0 amide bonds.